The summed E-state index contributed by atoms with van der Waals surface area (Å²) in [4.78, 5) is 0. The van der Waals surface area contributed by atoms with Crippen LogP contribution in [0.15, 0.2) is 6.07 Å². The lowest BCUT2D eigenvalue weighted by atomic mass is 9.80. The van der Waals surface area contributed by atoms with Gasteiger partial charge >= 0.3 is 0 Å². The van der Waals surface area contributed by atoms with E-state index < -0.39 is 0 Å². The maximum Gasteiger partial charge on any atom is -0.0150 e. The first-order chi connectivity index (χ1) is 8.33. The number of fused-ring (bicyclic) bond motifs is 10. The van der Waals surface area contributed by atoms with Crippen molar-refractivity contribution in [3.05, 3.63) is 33.9 Å². The van der Waals surface area contributed by atoms with E-state index in [0.717, 1.165) is 23.7 Å². The minimum Gasteiger partial charge on any atom is -0.0547 e. The third-order valence-electron chi connectivity index (χ3n) is 6.30. The van der Waals surface area contributed by atoms with Gasteiger partial charge in [0, 0.05) is 0 Å². The third kappa shape index (κ3) is 0.939. The molecule has 0 radical (unpaired) electrons. The van der Waals surface area contributed by atoms with E-state index in [0.29, 0.717) is 0 Å². The van der Waals surface area contributed by atoms with Crippen LogP contribution in [0.1, 0.15) is 90.0 Å². The molecule has 4 aliphatic carbocycles. The second-order valence-corrected chi connectivity index (χ2v) is 6.92. The number of hydrogen-bond donors (Lipinski definition) is 0. The molecule has 0 N–H and O–H groups in total. The first kappa shape index (κ1) is 9.19. The molecule has 0 nitrogen and oxygen atoms in total. The summed E-state index contributed by atoms with van der Waals surface area (Å²) in [5, 5.41) is 0. The summed E-state index contributed by atoms with van der Waals surface area (Å²) in [6.45, 7) is 2.44. The molecule has 4 aliphatic rings. The molecule has 1 aromatic carbocycles. The van der Waals surface area contributed by atoms with Crippen LogP contribution in [0.2, 0.25) is 0 Å². The molecular weight excluding hydrogens is 204 g/mol. The minimum absolute atomic E-state index is 0.943. The van der Waals surface area contributed by atoms with Crippen molar-refractivity contribution in [3.63, 3.8) is 0 Å². The highest BCUT2D eigenvalue weighted by Gasteiger charge is 2.44. The van der Waals surface area contributed by atoms with Crippen LogP contribution in [-0.4, -0.2) is 0 Å². The average Bonchev–Trinajstić information content (AvgIpc) is 3.08. The Morgan fingerprint density at radius 1 is 0.765 bits per heavy atom. The maximum atomic E-state index is 2.66. The average molecular weight is 224 g/mol. The molecule has 0 aromatic heterocycles. The lowest BCUT2D eigenvalue weighted by molar-refractivity contribution is 0.683. The topological polar surface area (TPSA) is 0 Å². The van der Waals surface area contributed by atoms with Gasteiger partial charge in [-0.1, -0.05) is 6.07 Å². The molecule has 1 aromatic rings. The van der Waals surface area contributed by atoms with Crippen molar-refractivity contribution >= 4 is 0 Å². The van der Waals surface area contributed by atoms with Crippen molar-refractivity contribution in [1.82, 2.24) is 0 Å². The van der Waals surface area contributed by atoms with Gasteiger partial charge in [-0.3, -0.25) is 0 Å². The van der Waals surface area contributed by atoms with Gasteiger partial charge < -0.3 is 0 Å². The first-order valence-electron chi connectivity index (χ1n) is 7.50. The molecule has 0 amide bonds. The van der Waals surface area contributed by atoms with E-state index in [2.05, 4.69) is 13.0 Å². The third-order valence-corrected chi connectivity index (χ3v) is 6.30. The van der Waals surface area contributed by atoms with Gasteiger partial charge in [-0.15, -0.1) is 0 Å². The van der Waals surface area contributed by atoms with Crippen molar-refractivity contribution in [2.45, 2.75) is 69.1 Å². The molecule has 5 rings (SSSR count). The zero-order valence-electron chi connectivity index (χ0n) is 10.6. The highest BCUT2D eigenvalue weighted by atomic mass is 14.5. The predicted molar refractivity (Wildman–Crippen MR) is 69.8 cm³/mol. The molecule has 17 heavy (non-hydrogen) atoms. The van der Waals surface area contributed by atoms with Gasteiger partial charge in [0.2, 0.25) is 0 Å². The van der Waals surface area contributed by atoms with Gasteiger partial charge in [-0.2, -0.15) is 0 Å². The van der Waals surface area contributed by atoms with Crippen molar-refractivity contribution in [2.24, 2.45) is 0 Å². The number of hydrogen-bond acceptors (Lipinski definition) is 0. The Balaban J connectivity index is 1.82. The molecule has 88 valence electrons. The fourth-order valence-corrected chi connectivity index (χ4v) is 5.71. The summed E-state index contributed by atoms with van der Waals surface area (Å²) in [5.41, 5.74) is 8.92. The molecule has 4 atom stereocenters. The monoisotopic (exact) mass is 224 g/mol. The van der Waals surface area contributed by atoms with Crippen LogP contribution in [0, 0.1) is 6.92 Å². The second-order valence-electron chi connectivity index (χ2n) is 6.92. The van der Waals surface area contributed by atoms with Crippen LogP contribution in [0.4, 0.5) is 0 Å². The first-order valence-corrected chi connectivity index (χ1v) is 7.50. The smallest absolute Gasteiger partial charge is 0.0150 e. The van der Waals surface area contributed by atoms with E-state index in [1.807, 2.05) is 11.1 Å². The van der Waals surface area contributed by atoms with Gasteiger partial charge in [0.15, 0.2) is 0 Å². The molecule has 0 heteroatoms. The van der Waals surface area contributed by atoms with E-state index in [4.69, 9.17) is 0 Å². The Hall–Kier alpha value is -0.780. The molecule has 0 aliphatic heterocycles. The fraction of sp³-hybridized carbons (Fsp3) is 0.647. The van der Waals surface area contributed by atoms with Gasteiger partial charge in [0.05, 0.1) is 0 Å². The summed E-state index contributed by atoms with van der Waals surface area (Å²) in [6, 6.07) is 2.66. The van der Waals surface area contributed by atoms with Crippen molar-refractivity contribution < 1.29 is 0 Å². The lowest BCUT2D eigenvalue weighted by Gasteiger charge is -2.25. The van der Waals surface area contributed by atoms with Crippen molar-refractivity contribution in [2.75, 3.05) is 0 Å². The molecule has 2 saturated carbocycles. The Morgan fingerprint density at radius 3 is 1.76 bits per heavy atom. The summed E-state index contributed by atoms with van der Waals surface area (Å²) >= 11 is 0. The lowest BCUT2D eigenvalue weighted by Crippen LogP contribution is -2.08. The summed E-state index contributed by atoms with van der Waals surface area (Å²) in [5.74, 6) is 3.77. The summed E-state index contributed by atoms with van der Waals surface area (Å²) in [7, 11) is 0. The van der Waals surface area contributed by atoms with Crippen LogP contribution in [0.3, 0.4) is 0 Å². The molecule has 0 heterocycles. The Morgan fingerprint density at radius 2 is 1.24 bits per heavy atom. The molecule has 0 saturated heterocycles. The molecule has 0 spiro atoms. The van der Waals surface area contributed by atoms with E-state index in [1.54, 1.807) is 16.7 Å². The Kier molecular flexibility index (Phi) is 1.51. The largest absolute Gasteiger partial charge is 0.0547 e. The van der Waals surface area contributed by atoms with Crippen LogP contribution in [-0.2, 0) is 0 Å². The highest BCUT2D eigenvalue weighted by Crippen LogP contribution is 2.60. The van der Waals surface area contributed by atoms with Gasteiger partial charge in [0.1, 0.15) is 0 Å². The van der Waals surface area contributed by atoms with E-state index in [1.165, 1.54) is 38.5 Å². The van der Waals surface area contributed by atoms with Crippen LogP contribution in [0.25, 0.3) is 0 Å². The fourth-order valence-electron chi connectivity index (χ4n) is 5.71. The van der Waals surface area contributed by atoms with Crippen LogP contribution < -0.4 is 0 Å². The quantitative estimate of drug-likeness (QED) is 0.598. The number of benzene rings is 1. The van der Waals surface area contributed by atoms with E-state index >= 15 is 0 Å². The van der Waals surface area contributed by atoms with Gasteiger partial charge in [-0.25, -0.2) is 0 Å². The maximum absolute atomic E-state index is 2.66. The molecular formula is C17H20. The zero-order valence-corrected chi connectivity index (χ0v) is 10.6. The summed E-state index contributed by atoms with van der Waals surface area (Å²) in [6.07, 6.45) is 8.87. The van der Waals surface area contributed by atoms with Gasteiger partial charge in [-0.05, 0) is 96.9 Å². The van der Waals surface area contributed by atoms with Crippen molar-refractivity contribution in [3.8, 4) is 0 Å². The minimum atomic E-state index is 0.943. The molecule has 4 bridgehead atoms. The van der Waals surface area contributed by atoms with Crippen LogP contribution >= 0.6 is 0 Å². The van der Waals surface area contributed by atoms with E-state index in [-0.39, 0.29) is 0 Å². The number of rotatable bonds is 0. The Labute approximate surface area is 103 Å². The van der Waals surface area contributed by atoms with E-state index in [9.17, 15) is 0 Å². The molecule has 2 unspecified atom stereocenters. The van der Waals surface area contributed by atoms with Crippen molar-refractivity contribution in [1.29, 1.82) is 0 Å². The standard InChI is InChI=1S/C17H20/c1-9-16-12-4-2-10(6-12)14(16)8-15-11-3-5-13(7-11)17(9)15/h8,10-13H,2-7H2,1H3/t10-,11?,12+,13?/m1/s1. The predicted octanol–water partition coefficient (Wildman–Crippen LogP) is 4.72. The SMILES string of the molecule is Cc1c2c(cc3c1[C@H]1CC[C@@H]3C1)C1CCC2C1. The van der Waals surface area contributed by atoms with Gasteiger partial charge in [0.25, 0.3) is 0 Å². The zero-order chi connectivity index (χ0) is 11.1. The highest BCUT2D eigenvalue weighted by molar-refractivity contribution is 5.57. The summed E-state index contributed by atoms with van der Waals surface area (Å²) < 4.78 is 0. The second kappa shape index (κ2) is 2.79. The molecule has 2 fully saturated rings. The normalized spacial score (nSPS) is 39.8. The Bertz CT molecular complexity index is 481. The van der Waals surface area contributed by atoms with Crippen LogP contribution in [0.5, 0.6) is 0 Å².